The Morgan fingerprint density at radius 1 is 1.50 bits per heavy atom. The number of hydrogen-bond donors (Lipinski definition) is 1. The van der Waals surface area contributed by atoms with Crippen LogP contribution in [0.2, 0.25) is 0 Å². The van der Waals surface area contributed by atoms with Gasteiger partial charge in [-0.3, -0.25) is 0 Å². The summed E-state index contributed by atoms with van der Waals surface area (Å²) in [5.74, 6) is 0.155. The van der Waals surface area contributed by atoms with Crippen molar-refractivity contribution < 1.29 is 4.39 Å². The first kappa shape index (κ1) is 13.2. The van der Waals surface area contributed by atoms with E-state index in [0.717, 1.165) is 32.5 Å². The molecular formula is C13H21FN4. The highest BCUT2D eigenvalue weighted by atomic mass is 19.1. The van der Waals surface area contributed by atoms with Crippen LogP contribution in [-0.2, 0) is 0 Å². The Labute approximate surface area is 108 Å². The minimum Gasteiger partial charge on any atom is -0.353 e. The molecule has 4 nitrogen and oxygen atoms in total. The van der Waals surface area contributed by atoms with Crippen LogP contribution >= 0.6 is 0 Å². The van der Waals surface area contributed by atoms with Crippen molar-refractivity contribution in [1.82, 2.24) is 15.3 Å². The number of aryl methyl sites for hydroxylation is 1. The molecule has 1 aromatic heterocycles. The monoisotopic (exact) mass is 252 g/mol. The summed E-state index contributed by atoms with van der Waals surface area (Å²) in [6, 6.07) is 0.450. The summed E-state index contributed by atoms with van der Waals surface area (Å²) < 4.78 is 14.1. The van der Waals surface area contributed by atoms with Crippen LogP contribution in [0.25, 0.3) is 0 Å². The summed E-state index contributed by atoms with van der Waals surface area (Å²) in [6.07, 6.45) is 4.79. The van der Waals surface area contributed by atoms with E-state index in [-0.39, 0.29) is 5.82 Å². The number of nitrogens with zero attached hydrogens (tertiary/aromatic N) is 3. The Hall–Kier alpha value is -1.23. The number of anilines is 1. The van der Waals surface area contributed by atoms with Gasteiger partial charge in [-0.2, -0.15) is 0 Å². The van der Waals surface area contributed by atoms with Gasteiger partial charge >= 0.3 is 0 Å². The molecular weight excluding hydrogens is 231 g/mol. The SMILES string of the molecule is CCCN(CC1CCCN1)c1ncnc(C)c1F. The van der Waals surface area contributed by atoms with E-state index in [2.05, 4.69) is 22.2 Å². The summed E-state index contributed by atoms with van der Waals surface area (Å²) in [5, 5.41) is 3.44. The van der Waals surface area contributed by atoms with Gasteiger partial charge in [0.05, 0.1) is 5.69 Å². The van der Waals surface area contributed by atoms with Crippen molar-refractivity contribution in [2.75, 3.05) is 24.5 Å². The predicted octanol–water partition coefficient (Wildman–Crippen LogP) is 1.89. The fourth-order valence-electron chi connectivity index (χ4n) is 2.40. The maximum absolute atomic E-state index is 14.1. The predicted molar refractivity (Wildman–Crippen MR) is 70.3 cm³/mol. The van der Waals surface area contributed by atoms with Gasteiger partial charge in [-0.15, -0.1) is 0 Å². The van der Waals surface area contributed by atoms with Crippen molar-refractivity contribution in [1.29, 1.82) is 0 Å². The van der Waals surface area contributed by atoms with Crippen molar-refractivity contribution in [3.63, 3.8) is 0 Å². The molecule has 1 aromatic rings. The van der Waals surface area contributed by atoms with E-state index in [1.54, 1.807) is 6.92 Å². The summed E-state index contributed by atoms with van der Waals surface area (Å²) in [5.41, 5.74) is 0.417. The Morgan fingerprint density at radius 3 is 3.00 bits per heavy atom. The molecule has 1 saturated heterocycles. The lowest BCUT2D eigenvalue weighted by molar-refractivity contribution is 0.549. The molecule has 0 aromatic carbocycles. The lowest BCUT2D eigenvalue weighted by Crippen LogP contribution is -2.39. The van der Waals surface area contributed by atoms with Gasteiger partial charge in [0.2, 0.25) is 0 Å². The third-order valence-corrected chi connectivity index (χ3v) is 3.34. The molecule has 0 spiro atoms. The second-order valence-electron chi connectivity index (χ2n) is 4.84. The molecule has 18 heavy (non-hydrogen) atoms. The lowest BCUT2D eigenvalue weighted by Gasteiger charge is -2.26. The van der Waals surface area contributed by atoms with Gasteiger partial charge in [0.15, 0.2) is 11.6 Å². The highest BCUT2D eigenvalue weighted by Crippen LogP contribution is 2.19. The van der Waals surface area contributed by atoms with E-state index < -0.39 is 0 Å². The zero-order chi connectivity index (χ0) is 13.0. The number of nitrogens with one attached hydrogen (secondary N) is 1. The van der Waals surface area contributed by atoms with E-state index >= 15 is 0 Å². The quantitative estimate of drug-likeness (QED) is 0.869. The molecule has 1 N–H and O–H groups in total. The molecule has 0 bridgehead atoms. The molecule has 5 heteroatoms. The molecule has 1 aliphatic rings. The zero-order valence-corrected chi connectivity index (χ0v) is 11.1. The van der Waals surface area contributed by atoms with Gasteiger partial charge in [0, 0.05) is 19.1 Å². The minimum absolute atomic E-state index is 0.288. The molecule has 0 amide bonds. The van der Waals surface area contributed by atoms with Crippen LogP contribution in [0.15, 0.2) is 6.33 Å². The number of rotatable bonds is 5. The van der Waals surface area contributed by atoms with Crippen LogP contribution < -0.4 is 10.2 Å². The molecule has 1 aliphatic heterocycles. The van der Waals surface area contributed by atoms with Crippen molar-refractivity contribution in [2.24, 2.45) is 0 Å². The zero-order valence-electron chi connectivity index (χ0n) is 11.1. The summed E-state index contributed by atoms with van der Waals surface area (Å²) in [6.45, 7) is 6.49. The molecule has 2 rings (SSSR count). The minimum atomic E-state index is -0.288. The number of aromatic nitrogens is 2. The molecule has 0 radical (unpaired) electrons. The first-order chi connectivity index (χ1) is 8.72. The van der Waals surface area contributed by atoms with Gasteiger partial charge in [-0.1, -0.05) is 6.92 Å². The molecule has 1 unspecified atom stereocenters. The first-order valence-electron chi connectivity index (χ1n) is 6.67. The Balaban J connectivity index is 2.14. The summed E-state index contributed by atoms with van der Waals surface area (Å²) >= 11 is 0. The number of halogens is 1. The normalized spacial score (nSPS) is 19.2. The largest absolute Gasteiger partial charge is 0.353 e. The van der Waals surface area contributed by atoms with Crippen LogP contribution in [0, 0.1) is 12.7 Å². The van der Waals surface area contributed by atoms with Crippen LogP contribution in [0.1, 0.15) is 31.9 Å². The maximum atomic E-state index is 14.1. The Morgan fingerprint density at radius 2 is 2.33 bits per heavy atom. The molecule has 2 heterocycles. The van der Waals surface area contributed by atoms with Gasteiger partial charge < -0.3 is 10.2 Å². The van der Waals surface area contributed by atoms with E-state index in [1.165, 1.54) is 12.7 Å². The van der Waals surface area contributed by atoms with Gasteiger partial charge in [0.1, 0.15) is 6.33 Å². The summed E-state index contributed by atoms with van der Waals surface area (Å²) in [4.78, 5) is 10.0. The highest BCUT2D eigenvalue weighted by Gasteiger charge is 2.21. The van der Waals surface area contributed by atoms with Gasteiger partial charge in [0.25, 0.3) is 0 Å². The molecule has 1 fully saturated rings. The smallest absolute Gasteiger partial charge is 0.186 e. The third-order valence-electron chi connectivity index (χ3n) is 3.34. The van der Waals surface area contributed by atoms with E-state index in [9.17, 15) is 4.39 Å². The highest BCUT2D eigenvalue weighted by molar-refractivity contribution is 5.41. The van der Waals surface area contributed by atoms with Crippen LogP contribution in [0.4, 0.5) is 10.2 Å². The van der Waals surface area contributed by atoms with Crippen molar-refractivity contribution in [3.8, 4) is 0 Å². The second kappa shape index (κ2) is 6.09. The standard InChI is InChI=1S/C13H21FN4/c1-3-7-18(8-11-5-4-6-15-11)13-12(14)10(2)16-9-17-13/h9,11,15H,3-8H2,1-2H3. The van der Waals surface area contributed by atoms with E-state index in [0.29, 0.717) is 17.6 Å². The van der Waals surface area contributed by atoms with E-state index in [1.807, 2.05) is 4.90 Å². The topological polar surface area (TPSA) is 41.0 Å². The molecule has 0 saturated carbocycles. The Bertz CT molecular complexity index is 391. The molecule has 100 valence electrons. The fourth-order valence-corrected chi connectivity index (χ4v) is 2.40. The number of hydrogen-bond acceptors (Lipinski definition) is 4. The fraction of sp³-hybridized carbons (Fsp3) is 0.692. The van der Waals surface area contributed by atoms with Crippen LogP contribution in [-0.4, -0.2) is 35.6 Å². The Kier molecular flexibility index (Phi) is 4.47. The lowest BCUT2D eigenvalue weighted by atomic mass is 10.2. The van der Waals surface area contributed by atoms with Gasteiger partial charge in [-0.25, -0.2) is 14.4 Å². The van der Waals surface area contributed by atoms with Crippen molar-refractivity contribution in [2.45, 2.75) is 39.2 Å². The molecule has 0 aliphatic carbocycles. The maximum Gasteiger partial charge on any atom is 0.186 e. The third kappa shape index (κ3) is 2.96. The van der Waals surface area contributed by atoms with Gasteiger partial charge in [-0.05, 0) is 32.7 Å². The van der Waals surface area contributed by atoms with Crippen molar-refractivity contribution in [3.05, 3.63) is 17.8 Å². The van der Waals surface area contributed by atoms with E-state index in [4.69, 9.17) is 0 Å². The second-order valence-corrected chi connectivity index (χ2v) is 4.84. The first-order valence-corrected chi connectivity index (χ1v) is 6.67. The molecule has 1 atom stereocenters. The average Bonchev–Trinajstić information content (AvgIpc) is 2.85. The van der Waals surface area contributed by atoms with Crippen molar-refractivity contribution >= 4 is 5.82 Å². The average molecular weight is 252 g/mol. The summed E-state index contributed by atoms with van der Waals surface area (Å²) in [7, 11) is 0. The van der Waals surface area contributed by atoms with Crippen LogP contribution in [0.3, 0.4) is 0 Å². The van der Waals surface area contributed by atoms with Crippen LogP contribution in [0.5, 0.6) is 0 Å².